The third-order valence-electron chi connectivity index (χ3n) is 2.48. The van der Waals surface area contributed by atoms with E-state index in [1.807, 2.05) is 13.8 Å². The zero-order valence-electron chi connectivity index (χ0n) is 11.1. The van der Waals surface area contributed by atoms with Gasteiger partial charge in [-0.1, -0.05) is 19.9 Å². The maximum atomic E-state index is 11.6. The third-order valence-corrected chi connectivity index (χ3v) is 2.48. The number of aliphatic hydroxyl groups is 1. The van der Waals surface area contributed by atoms with Crippen molar-refractivity contribution < 1.29 is 9.90 Å². The summed E-state index contributed by atoms with van der Waals surface area (Å²) in [7, 11) is 0. The Morgan fingerprint density at radius 2 is 2.22 bits per heavy atom. The summed E-state index contributed by atoms with van der Waals surface area (Å²) in [6.45, 7) is 6.24. The Kier molecular flexibility index (Phi) is 5.09. The molecule has 1 aromatic rings. The van der Waals surface area contributed by atoms with E-state index in [1.165, 1.54) is 0 Å². The summed E-state index contributed by atoms with van der Waals surface area (Å²) in [6, 6.07) is 5.03. The van der Waals surface area contributed by atoms with E-state index >= 15 is 0 Å². The average Bonchev–Trinajstić information content (AvgIpc) is 2.26. The molecule has 0 radical (unpaired) electrons. The molecule has 0 bridgehead atoms. The summed E-state index contributed by atoms with van der Waals surface area (Å²) in [5, 5.41) is 14.8. The molecular weight excluding hydrogens is 230 g/mol. The molecule has 0 fully saturated rings. The van der Waals surface area contributed by atoms with Gasteiger partial charge in [0.15, 0.2) is 0 Å². The van der Waals surface area contributed by atoms with E-state index in [-0.39, 0.29) is 17.6 Å². The summed E-state index contributed by atoms with van der Waals surface area (Å²) >= 11 is 0. The van der Waals surface area contributed by atoms with Gasteiger partial charge in [0.1, 0.15) is 5.82 Å². The molecule has 0 aromatic carbocycles. The van der Waals surface area contributed by atoms with Crippen LogP contribution in [0, 0.1) is 5.41 Å². The van der Waals surface area contributed by atoms with Gasteiger partial charge in [-0.05, 0) is 30.9 Å². The highest BCUT2D eigenvalue weighted by Crippen LogP contribution is 2.20. The van der Waals surface area contributed by atoms with Crippen molar-refractivity contribution in [3.63, 3.8) is 0 Å². The average molecular weight is 251 g/mol. The van der Waals surface area contributed by atoms with E-state index in [0.29, 0.717) is 18.8 Å². The lowest BCUT2D eigenvalue weighted by Gasteiger charge is -2.26. The van der Waals surface area contributed by atoms with Crippen molar-refractivity contribution in [2.75, 3.05) is 11.9 Å². The van der Waals surface area contributed by atoms with Crippen LogP contribution >= 0.6 is 0 Å². The molecule has 0 aliphatic heterocycles. The molecule has 100 valence electrons. The van der Waals surface area contributed by atoms with Crippen molar-refractivity contribution >= 4 is 11.8 Å². The molecule has 0 spiro atoms. The number of hydrogen-bond acceptors (Lipinski definition) is 3. The Morgan fingerprint density at radius 3 is 2.78 bits per heavy atom. The molecule has 5 nitrogen and oxygen atoms in total. The number of aliphatic hydroxyl groups excluding tert-OH is 1. The van der Waals surface area contributed by atoms with Gasteiger partial charge in [0.2, 0.25) is 0 Å². The number of anilines is 1. The van der Waals surface area contributed by atoms with Crippen molar-refractivity contribution in [2.24, 2.45) is 5.41 Å². The molecule has 1 rings (SSSR count). The van der Waals surface area contributed by atoms with Gasteiger partial charge in [-0.2, -0.15) is 0 Å². The summed E-state index contributed by atoms with van der Waals surface area (Å²) in [5.41, 5.74) is -0.143. The second-order valence-electron chi connectivity index (χ2n) is 5.24. The number of hydrogen-bond donors (Lipinski definition) is 3. The van der Waals surface area contributed by atoms with Crippen molar-refractivity contribution in [3.8, 4) is 0 Å². The first-order valence-corrected chi connectivity index (χ1v) is 6.03. The van der Waals surface area contributed by atoms with E-state index in [4.69, 9.17) is 0 Å². The van der Waals surface area contributed by atoms with Gasteiger partial charge in [0, 0.05) is 12.7 Å². The summed E-state index contributed by atoms with van der Waals surface area (Å²) < 4.78 is 0. The first kappa shape index (κ1) is 14.4. The number of carbonyl (C=O) groups excluding carboxylic acids is 1. The third kappa shape index (κ3) is 5.63. The first-order chi connectivity index (χ1) is 8.39. The van der Waals surface area contributed by atoms with Gasteiger partial charge in [0.25, 0.3) is 0 Å². The predicted molar refractivity (Wildman–Crippen MR) is 71.3 cm³/mol. The van der Waals surface area contributed by atoms with Gasteiger partial charge in [-0.3, -0.25) is 5.32 Å². The molecule has 1 atom stereocenters. The van der Waals surface area contributed by atoms with Crippen LogP contribution in [0.2, 0.25) is 0 Å². The summed E-state index contributed by atoms with van der Waals surface area (Å²) in [5.74, 6) is 0.517. The van der Waals surface area contributed by atoms with Crippen LogP contribution in [0.1, 0.15) is 27.2 Å². The molecule has 1 unspecified atom stereocenters. The van der Waals surface area contributed by atoms with Gasteiger partial charge in [0.05, 0.1) is 6.10 Å². The number of carbonyl (C=O) groups is 1. The number of amides is 2. The van der Waals surface area contributed by atoms with E-state index in [0.717, 1.165) is 0 Å². The highest BCUT2D eigenvalue weighted by atomic mass is 16.3. The van der Waals surface area contributed by atoms with Crippen LogP contribution in [0.4, 0.5) is 10.6 Å². The van der Waals surface area contributed by atoms with E-state index in [9.17, 15) is 9.90 Å². The number of urea groups is 1. The molecule has 0 aliphatic rings. The Bertz CT molecular complexity index is 377. The molecule has 1 aromatic heterocycles. The van der Waals surface area contributed by atoms with Crippen LogP contribution in [-0.4, -0.2) is 28.8 Å². The minimum Gasteiger partial charge on any atom is -0.393 e. The fourth-order valence-corrected chi connectivity index (χ4v) is 1.79. The van der Waals surface area contributed by atoms with Crippen LogP contribution in [0.3, 0.4) is 0 Å². The second kappa shape index (κ2) is 6.35. The van der Waals surface area contributed by atoms with Crippen molar-refractivity contribution in [1.29, 1.82) is 0 Å². The molecule has 1 heterocycles. The van der Waals surface area contributed by atoms with Crippen LogP contribution in [-0.2, 0) is 0 Å². The fraction of sp³-hybridized carbons (Fsp3) is 0.538. The lowest BCUT2D eigenvalue weighted by atomic mass is 9.87. The van der Waals surface area contributed by atoms with Gasteiger partial charge in [-0.15, -0.1) is 0 Å². The van der Waals surface area contributed by atoms with Gasteiger partial charge < -0.3 is 10.4 Å². The standard InChI is InChI=1S/C13H21N3O2/c1-10(17)8-13(2,3)9-15-12(18)16-11-6-4-5-7-14-11/h4-7,10,17H,8-9H2,1-3H3,(H2,14,15,16,18). The van der Waals surface area contributed by atoms with Crippen LogP contribution in [0.5, 0.6) is 0 Å². The number of nitrogens with one attached hydrogen (secondary N) is 2. The van der Waals surface area contributed by atoms with Crippen molar-refractivity contribution in [1.82, 2.24) is 10.3 Å². The van der Waals surface area contributed by atoms with Crippen LogP contribution in [0.15, 0.2) is 24.4 Å². The number of aromatic nitrogens is 1. The maximum absolute atomic E-state index is 11.6. The van der Waals surface area contributed by atoms with Crippen molar-refractivity contribution in [3.05, 3.63) is 24.4 Å². The van der Waals surface area contributed by atoms with Gasteiger partial charge >= 0.3 is 6.03 Å². The second-order valence-corrected chi connectivity index (χ2v) is 5.24. The quantitative estimate of drug-likeness (QED) is 0.749. The van der Waals surface area contributed by atoms with Crippen LogP contribution < -0.4 is 10.6 Å². The SMILES string of the molecule is CC(O)CC(C)(C)CNC(=O)Nc1ccccn1. The van der Waals surface area contributed by atoms with E-state index in [2.05, 4.69) is 15.6 Å². The minimum atomic E-state index is -0.374. The largest absolute Gasteiger partial charge is 0.393 e. The van der Waals surface area contributed by atoms with Crippen molar-refractivity contribution in [2.45, 2.75) is 33.3 Å². The van der Waals surface area contributed by atoms with Crippen LogP contribution in [0.25, 0.3) is 0 Å². The smallest absolute Gasteiger partial charge is 0.320 e. The highest BCUT2D eigenvalue weighted by Gasteiger charge is 2.21. The molecule has 0 saturated heterocycles. The molecule has 0 saturated carbocycles. The maximum Gasteiger partial charge on any atom is 0.320 e. The number of pyridine rings is 1. The molecule has 5 heteroatoms. The normalized spacial score (nSPS) is 12.9. The Hall–Kier alpha value is -1.62. The molecule has 0 aliphatic carbocycles. The zero-order valence-corrected chi connectivity index (χ0v) is 11.1. The topological polar surface area (TPSA) is 74.2 Å². The van der Waals surface area contributed by atoms with E-state index < -0.39 is 0 Å². The molecular formula is C13H21N3O2. The Labute approximate surface area is 108 Å². The zero-order chi connectivity index (χ0) is 13.6. The number of nitrogens with zero attached hydrogens (tertiary/aromatic N) is 1. The predicted octanol–water partition coefficient (Wildman–Crippen LogP) is 2.00. The molecule has 3 N–H and O–H groups in total. The lowest BCUT2D eigenvalue weighted by Crippen LogP contribution is -2.38. The van der Waals surface area contributed by atoms with E-state index in [1.54, 1.807) is 31.3 Å². The summed E-state index contributed by atoms with van der Waals surface area (Å²) in [6.07, 6.45) is 1.88. The molecule has 18 heavy (non-hydrogen) atoms. The number of rotatable bonds is 5. The molecule has 2 amide bonds. The lowest BCUT2D eigenvalue weighted by molar-refractivity contribution is 0.129. The summed E-state index contributed by atoms with van der Waals surface area (Å²) in [4.78, 5) is 15.6. The highest BCUT2D eigenvalue weighted by molar-refractivity contribution is 5.88. The Balaban J connectivity index is 2.37. The monoisotopic (exact) mass is 251 g/mol. The first-order valence-electron chi connectivity index (χ1n) is 6.03. The fourth-order valence-electron chi connectivity index (χ4n) is 1.79. The Morgan fingerprint density at radius 1 is 1.50 bits per heavy atom. The minimum absolute atomic E-state index is 0.143. The van der Waals surface area contributed by atoms with Gasteiger partial charge in [-0.25, -0.2) is 9.78 Å².